The van der Waals surface area contributed by atoms with Crippen LogP contribution in [0.5, 0.6) is 0 Å². The highest BCUT2D eigenvalue weighted by atomic mass is 16.5. The third kappa shape index (κ3) is 3.29. The molecule has 0 aliphatic rings. The van der Waals surface area contributed by atoms with Crippen molar-refractivity contribution in [2.24, 2.45) is 0 Å². The van der Waals surface area contributed by atoms with Gasteiger partial charge in [0.1, 0.15) is 0 Å². The maximum Gasteiger partial charge on any atom is 0.0716 e. The molecule has 1 N–H and O–H groups in total. The number of methoxy groups -OCH3 is 1. The maximum absolute atomic E-state index is 5.18. The number of rotatable bonds is 5. The first-order valence-electron chi connectivity index (χ1n) is 5.60. The molecule has 0 aliphatic heterocycles. The Kier molecular flexibility index (Phi) is 4.11. The fourth-order valence-electron chi connectivity index (χ4n) is 1.69. The van der Waals surface area contributed by atoms with Crippen LogP contribution in [0, 0.1) is 0 Å². The van der Waals surface area contributed by atoms with E-state index in [1.807, 2.05) is 24.3 Å². The van der Waals surface area contributed by atoms with E-state index >= 15 is 0 Å². The summed E-state index contributed by atoms with van der Waals surface area (Å²) < 4.78 is 5.18. The molecule has 0 atom stereocenters. The molecule has 0 bridgehead atoms. The quantitative estimate of drug-likeness (QED) is 0.854. The normalized spacial score (nSPS) is 10.2. The number of nitrogens with one attached hydrogen (secondary N) is 1. The summed E-state index contributed by atoms with van der Waals surface area (Å²) >= 11 is 0. The number of aromatic nitrogens is 1. The molecule has 0 fully saturated rings. The smallest absolute Gasteiger partial charge is 0.0716 e. The molecule has 0 aliphatic carbocycles. The van der Waals surface area contributed by atoms with Crippen molar-refractivity contribution >= 4 is 5.69 Å². The fourth-order valence-corrected chi connectivity index (χ4v) is 1.69. The van der Waals surface area contributed by atoms with Gasteiger partial charge in [0, 0.05) is 31.7 Å². The van der Waals surface area contributed by atoms with E-state index < -0.39 is 0 Å². The van der Waals surface area contributed by atoms with Crippen LogP contribution in [0.1, 0.15) is 11.1 Å². The zero-order chi connectivity index (χ0) is 11.9. The Morgan fingerprint density at radius 2 is 1.76 bits per heavy atom. The largest absolute Gasteiger partial charge is 0.381 e. The number of ether oxygens (including phenoxy) is 1. The van der Waals surface area contributed by atoms with Crippen LogP contribution in [-0.2, 0) is 17.9 Å². The van der Waals surface area contributed by atoms with Gasteiger partial charge in [-0.3, -0.25) is 4.98 Å². The first kappa shape index (κ1) is 11.6. The van der Waals surface area contributed by atoms with Crippen LogP contribution in [0.25, 0.3) is 0 Å². The molecule has 3 nitrogen and oxygen atoms in total. The summed E-state index contributed by atoms with van der Waals surface area (Å²) in [7, 11) is 1.72. The van der Waals surface area contributed by atoms with Gasteiger partial charge in [-0.15, -0.1) is 0 Å². The van der Waals surface area contributed by atoms with Gasteiger partial charge >= 0.3 is 0 Å². The molecular formula is C14H16N2O. The Morgan fingerprint density at radius 1 is 1.06 bits per heavy atom. The van der Waals surface area contributed by atoms with E-state index in [-0.39, 0.29) is 0 Å². The summed E-state index contributed by atoms with van der Waals surface area (Å²) in [4.78, 5) is 3.99. The van der Waals surface area contributed by atoms with E-state index in [9.17, 15) is 0 Å². The summed E-state index contributed by atoms with van der Waals surface area (Å²) in [6.07, 6.45) is 3.56. The predicted molar refractivity (Wildman–Crippen MR) is 68.7 cm³/mol. The average molecular weight is 228 g/mol. The van der Waals surface area contributed by atoms with Crippen LogP contribution in [-0.4, -0.2) is 12.1 Å². The zero-order valence-corrected chi connectivity index (χ0v) is 9.89. The second-order valence-corrected chi connectivity index (χ2v) is 3.79. The van der Waals surface area contributed by atoms with Crippen LogP contribution in [0.2, 0.25) is 0 Å². The molecule has 3 heteroatoms. The summed E-state index contributed by atoms with van der Waals surface area (Å²) in [5.74, 6) is 0. The SMILES string of the molecule is COCc1ccccc1CNc1ccncc1. The minimum Gasteiger partial charge on any atom is -0.381 e. The number of nitrogens with zero attached hydrogens (tertiary/aromatic N) is 1. The molecule has 17 heavy (non-hydrogen) atoms. The third-order valence-electron chi connectivity index (χ3n) is 2.58. The lowest BCUT2D eigenvalue weighted by molar-refractivity contribution is 0.184. The Balaban J connectivity index is 2.03. The molecule has 2 rings (SSSR count). The standard InChI is InChI=1S/C14H16N2O/c1-17-11-13-5-3-2-4-12(13)10-16-14-6-8-15-9-7-14/h2-9H,10-11H2,1H3,(H,15,16). The molecule has 0 saturated heterocycles. The number of hydrogen-bond acceptors (Lipinski definition) is 3. The Morgan fingerprint density at radius 3 is 2.47 bits per heavy atom. The van der Waals surface area contributed by atoms with Gasteiger partial charge in [0.05, 0.1) is 6.61 Å². The lowest BCUT2D eigenvalue weighted by Gasteiger charge is -2.10. The molecule has 2 aromatic rings. The number of benzene rings is 1. The summed E-state index contributed by atoms with van der Waals surface area (Å²) in [5.41, 5.74) is 3.55. The van der Waals surface area contributed by atoms with Crippen molar-refractivity contribution in [3.63, 3.8) is 0 Å². The van der Waals surface area contributed by atoms with Gasteiger partial charge in [-0.05, 0) is 23.3 Å². The van der Waals surface area contributed by atoms with Gasteiger partial charge in [0.25, 0.3) is 0 Å². The van der Waals surface area contributed by atoms with Crippen molar-refractivity contribution in [3.8, 4) is 0 Å². The van der Waals surface area contributed by atoms with E-state index in [2.05, 4.69) is 22.4 Å². The fraction of sp³-hybridized carbons (Fsp3) is 0.214. The van der Waals surface area contributed by atoms with Crippen LogP contribution >= 0.6 is 0 Å². The molecule has 88 valence electrons. The van der Waals surface area contributed by atoms with Gasteiger partial charge in [-0.2, -0.15) is 0 Å². The number of anilines is 1. The van der Waals surface area contributed by atoms with E-state index in [4.69, 9.17) is 4.74 Å². The summed E-state index contributed by atoms with van der Waals surface area (Å²) in [6, 6.07) is 12.2. The van der Waals surface area contributed by atoms with E-state index in [0.717, 1.165) is 12.2 Å². The molecule has 0 unspecified atom stereocenters. The topological polar surface area (TPSA) is 34.1 Å². The van der Waals surface area contributed by atoms with Gasteiger partial charge in [-0.1, -0.05) is 24.3 Å². The van der Waals surface area contributed by atoms with Crippen molar-refractivity contribution in [1.82, 2.24) is 4.98 Å². The lowest BCUT2D eigenvalue weighted by atomic mass is 10.1. The minimum absolute atomic E-state index is 0.647. The van der Waals surface area contributed by atoms with Crippen LogP contribution in [0.4, 0.5) is 5.69 Å². The first-order chi connectivity index (χ1) is 8.40. The molecule has 0 radical (unpaired) electrons. The minimum atomic E-state index is 0.647. The lowest BCUT2D eigenvalue weighted by Crippen LogP contribution is -2.03. The van der Waals surface area contributed by atoms with E-state index in [1.54, 1.807) is 19.5 Å². The molecule has 0 spiro atoms. The second-order valence-electron chi connectivity index (χ2n) is 3.79. The van der Waals surface area contributed by atoms with Crippen LogP contribution in [0.15, 0.2) is 48.8 Å². The van der Waals surface area contributed by atoms with Crippen molar-refractivity contribution < 1.29 is 4.74 Å². The summed E-state index contributed by atoms with van der Waals surface area (Å²) in [6.45, 7) is 1.44. The maximum atomic E-state index is 5.18. The summed E-state index contributed by atoms with van der Waals surface area (Å²) in [5, 5.41) is 3.36. The zero-order valence-electron chi connectivity index (χ0n) is 9.89. The van der Waals surface area contributed by atoms with Gasteiger partial charge in [0.2, 0.25) is 0 Å². The Bertz CT molecular complexity index is 457. The van der Waals surface area contributed by atoms with Crippen molar-refractivity contribution in [2.45, 2.75) is 13.2 Å². The molecule has 0 amide bonds. The van der Waals surface area contributed by atoms with Gasteiger partial charge in [-0.25, -0.2) is 0 Å². The Labute approximate surface area is 101 Å². The second kappa shape index (κ2) is 6.01. The third-order valence-corrected chi connectivity index (χ3v) is 2.58. The monoisotopic (exact) mass is 228 g/mol. The average Bonchev–Trinajstić information content (AvgIpc) is 2.39. The molecular weight excluding hydrogens is 212 g/mol. The molecule has 0 saturated carbocycles. The van der Waals surface area contributed by atoms with Crippen molar-refractivity contribution in [3.05, 3.63) is 59.9 Å². The van der Waals surface area contributed by atoms with E-state index in [1.165, 1.54) is 11.1 Å². The van der Waals surface area contributed by atoms with Gasteiger partial charge < -0.3 is 10.1 Å². The predicted octanol–water partition coefficient (Wildman–Crippen LogP) is 2.84. The van der Waals surface area contributed by atoms with Crippen LogP contribution < -0.4 is 5.32 Å². The highest BCUT2D eigenvalue weighted by Gasteiger charge is 2.00. The number of pyridine rings is 1. The number of hydrogen-bond donors (Lipinski definition) is 1. The Hall–Kier alpha value is -1.87. The highest BCUT2D eigenvalue weighted by Crippen LogP contribution is 2.12. The highest BCUT2D eigenvalue weighted by molar-refractivity contribution is 5.42. The van der Waals surface area contributed by atoms with Gasteiger partial charge in [0.15, 0.2) is 0 Å². The first-order valence-corrected chi connectivity index (χ1v) is 5.60. The van der Waals surface area contributed by atoms with E-state index in [0.29, 0.717) is 6.61 Å². The molecule has 1 heterocycles. The molecule has 1 aromatic heterocycles. The van der Waals surface area contributed by atoms with Crippen molar-refractivity contribution in [1.29, 1.82) is 0 Å². The van der Waals surface area contributed by atoms with Crippen molar-refractivity contribution in [2.75, 3.05) is 12.4 Å². The molecule has 1 aromatic carbocycles. The van der Waals surface area contributed by atoms with Crippen LogP contribution in [0.3, 0.4) is 0 Å².